The van der Waals surface area contributed by atoms with Crippen molar-refractivity contribution in [3.05, 3.63) is 72.0 Å². The number of primary amides is 1. The molecular weight excluding hydrogens is 205 g/mol. The molecule has 16 heavy (non-hydrogen) atoms. The van der Waals surface area contributed by atoms with E-state index >= 15 is 0 Å². The van der Waals surface area contributed by atoms with Gasteiger partial charge in [0.1, 0.15) is 5.82 Å². The highest BCUT2D eigenvalue weighted by Crippen LogP contribution is 2.00. The van der Waals surface area contributed by atoms with Crippen LogP contribution < -0.4 is 5.73 Å². The summed E-state index contributed by atoms with van der Waals surface area (Å²) in [5.74, 6) is -0.912. The van der Waals surface area contributed by atoms with Crippen molar-refractivity contribution in [3.8, 4) is 0 Å². The van der Waals surface area contributed by atoms with Gasteiger partial charge in [0, 0.05) is 5.56 Å². The van der Waals surface area contributed by atoms with Crippen molar-refractivity contribution >= 4 is 5.91 Å². The monoisotopic (exact) mass is 217 g/mol. The molecule has 0 radical (unpaired) electrons. The second-order valence-corrected chi connectivity index (χ2v) is 3.03. The molecule has 0 aliphatic rings. The average molecular weight is 217 g/mol. The maximum Gasteiger partial charge on any atom is 0.248 e. The molecule has 0 heterocycles. The molecule has 0 atom stereocenters. The maximum atomic E-state index is 12.2. The number of hydrogen-bond acceptors (Lipinski definition) is 1. The summed E-state index contributed by atoms with van der Waals surface area (Å²) >= 11 is 0. The lowest BCUT2D eigenvalue weighted by Gasteiger charge is -1.91. The van der Waals surface area contributed by atoms with Crippen molar-refractivity contribution in [1.82, 2.24) is 0 Å². The highest BCUT2D eigenvalue weighted by Gasteiger charge is 1.97. The maximum absolute atomic E-state index is 12.2. The highest BCUT2D eigenvalue weighted by molar-refractivity contribution is 5.92. The van der Waals surface area contributed by atoms with E-state index in [1.165, 1.54) is 24.3 Å². The number of nitrogens with two attached hydrogens (primary N) is 1. The van der Waals surface area contributed by atoms with E-state index in [0.29, 0.717) is 5.56 Å². The molecule has 0 unspecified atom stereocenters. The van der Waals surface area contributed by atoms with Crippen LogP contribution in [-0.2, 0) is 0 Å². The molecule has 2 aromatic carbocycles. The molecule has 0 aromatic heterocycles. The Morgan fingerprint density at radius 2 is 1.25 bits per heavy atom. The van der Waals surface area contributed by atoms with E-state index < -0.39 is 5.91 Å². The van der Waals surface area contributed by atoms with Gasteiger partial charge in [-0.2, -0.15) is 0 Å². The summed E-state index contributed by atoms with van der Waals surface area (Å²) in [5.41, 5.74) is 5.22. The number of carbonyl (C=O) groups is 1. The summed E-state index contributed by atoms with van der Waals surface area (Å²) in [6.45, 7) is 0. The molecule has 0 aliphatic heterocycles. The van der Waals surface area contributed by atoms with Gasteiger partial charge in [-0.3, -0.25) is 4.79 Å². The number of hydrogen-bond donors (Lipinski definition) is 1. The van der Waals surface area contributed by atoms with Gasteiger partial charge >= 0.3 is 0 Å². The lowest BCUT2D eigenvalue weighted by atomic mass is 10.2. The molecule has 2 rings (SSSR count). The number of rotatable bonds is 1. The third-order valence-corrected chi connectivity index (χ3v) is 1.80. The first-order valence-electron chi connectivity index (χ1n) is 4.75. The molecule has 0 fully saturated rings. The summed E-state index contributed by atoms with van der Waals surface area (Å²) in [7, 11) is 0. The number of carbonyl (C=O) groups excluding carboxylic acids is 1. The summed E-state index contributed by atoms with van der Waals surface area (Å²) in [4.78, 5) is 10.4. The third-order valence-electron chi connectivity index (χ3n) is 1.80. The largest absolute Gasteiger partial charge is 0.366 e. The zero-order chi connectivity index (χ0) is 11.8. The van der Waals surface area contributed by atoms with Gasteiger partial charge in [-0.25, -0.2) is 4.39 Å². The van der Waals surface area contributed by atoms with Crippen molar-refractivity contribution in [2.24, 2.45) is 5.73 Å². The van der Waals surface area contributed by atoms with Crippen LogP contribution in [0.3, 0.4) is 0 Å². The van der Waals surface area contributed by atoms with E-state index in [4.69, 9.17) is 5.73 Å². The van der Waals surface area contributed by atoms with Crippen LogP contribution in [0.15, 0.2) is 60.7 Å². The predicted molar refractivity (Wildman–Crippen MR) is 61.4 cm³/mol. The molecule has 2 nitrogen and oxygen atoms in total. The van der Waals surface area contributed by atoms with Crippen molar-refractivity contribution in [2.45, 2.75) is 0 Å². The van der Waals surface area contributed by atoms with Gasteiger partial charge in [-0.1, -0.05) is 36.4 Å². The Morgan fingerprint density at radius 3 is 1.56 bits per heavy atom. The van der Waals surface area contributed by atoms with Crippen LogP contribution in [0.1, 0.15) is 10.4 Å². The quantitative estimate of drug-likeness (QED) is 0.783. The minimum Gasteiger partial charge on any atom is -0.366 e. The first kappa shape index (κ1) is 11.9. The van der Waals surface area contributed by atoms with E-state index in [0.717, 1.165) is 0 Å². The Labute approximate surface area is 93.5 Å². The smallest absolute Gasteiger partial charge is 0.248 e. The zero-order valence-corrected chi connectivity index (χ0v) is 8.64. The lowest BCUT2D eigenvalue weighted by Crippen LogP contribution is -2.10. The Kier molecular flexibility index (Phi) is 4.73. The van der Waals surface area contributed by atoms with Gasteiger partial charge in [0.25, 0.3) is 0 Å². The average Bonchev–Trinajstić information content (AvgIpc) is 2.32. The summed E-state index contributed by atoms with van der Waals surface area (Å²) in [6, 6.07) is 17.1. The molecule has 0 bridgehead atoms. The predicted octanol–water partition coefficient (Wildman–Crippen LogP) is 2.61. The molecule has 2 N–H and O–H groups in total. The summed E-state index contributed by atoms with van der Waals surface area (Å²) in [5, 5.41) is 0. The molecule has 0 saturated carbocycles. The normalized spacial score (nSPS) is 8.81. The zero-order valence-electron chi connectivity index (χ0n) is 8.64. The number of benzene rings is 2. The number of halogens is 1. The highest BCUT2D eigenvalue weighted by atomic mass is 19.1. The van der Waals surface area contributed by atoms with Gasteiger partial charge in [-0.05, 0) is 24.3 Å². The Bertz CT molecular complexity index is 399. The molecule has 3 heteroatoms. The van der Waals surface area contributed by atoms with Crippen LogP contribution in [-0.4, -0.2) is 5.91 Å². The van der Waals surface area contributed by atoms with Crippen LogP contribution in [0.4, 0.5) is 4.39 Å². The van der Waals surface area contributed by atoms with Gasteiger partial charge in [0.15, 0.2) is 0 Å². The van der Waals surface area contributed by atoms with Gasteiger partial charge in [-0.15, -0.1) is 0 Å². The van der Waals surface area contributed by atoms with Crippen LogP contribution in [0, 0.1) is 5.82 Å². The summed E-state index contributed by atoms with van der Waals surface area (Å²) in [6.07, 6.45) is 0. The van der Waals surface area contributed by atoms with Gasteiger partial charge < -0.3 is 5.73 Å². The Hall–Kier alpha value is -2.16. The van der Waals surface area contributed by atoms with Crippen molar-refractivity contribution < 1.29 is 9.18 Å². The third kappa shape index (κ3) is 4.37. The first-order valence-corrected chi connectivity index (χ1v) is 4.75. The molecule has 0 aliphatic carbocycles. The van der Waals surface area contributed by atoms with E-state index in [1.54, 1.807) is 0 Å². The van der Waals surface area contributed by atoms with E-state index in [2.05, 4.69) is 0 Å². The topological polar surface area (TPSA) is 43.1 Å². The van der Waals surface area contributed by atoms with E-state index in [-0.39, 0.29) is 5.82 Å². The van der Waals surface area contributed by atoms with Crippen molar-refractivity contribution in [2.75, 3.05) is 0 Å². The van der Waals surface area contributed by atoms with Gasteiger partial charge in [0.05, 0.1) is 0 Å². The lowest BCUT2D eigenvalue weighted by molar-refractivity contribution is 0.100. The van der Waals surface area contributed by atoms with Crippen LogP contribution in [0.2, 0.25) is 0 Å². The second-order valence-electron chi connectivity index (χ2n) is 3.03. The first-order chi connectivity index (χ1) is 7.70. The Balaban J connectivity index is 0.000000181. The summed E-state index contributed by atoms with van der Waals surface area (Å²) < 4.78 is 12.2. The number of amides is 1. The van der Waals surface area contributed by atoms with Crippen LogP contribution >= 0.6 is 0 Å². The van der Waals surface area contributed by atoms with Gasteiger partial charge in [0.2, 0.25) is 5.91 Å². The van der Waals surface area contributed by atoms with Crippen molar-refractivity contribution in [1.29, 1.82) is 0 Å². The molecular formula is C13H12FNO. The fourth-order valence-electron chi connectivity index (χ4n) is 0.999. The van der Waals surface area contributed by atoms with Crippen molar-refractivity contribution in [3.63, 3.8) is 0 Å². The standard InChI is InChI=1S/C7H6FNO.C6H6/c8-6-3-1-5(2-4-6)7(9)10;1-2-4-6-5-3-1/h1-4H,(H2,9,10);1-6H. The molecule has 2 aromatic rings. The molecule has 0 spiro atoms. The molecule has 82 valence electrons. The SMILES string of the molecule is NC(=O)c1ccc(F)cc1.c1ccccc1. The minimum absolute atomic E-state index is 0.321. The van der Waals surface area contributed by atoms with E-state index in [1.807, 2.05) is 36.4 Å². The van der Waals surface area contributed by atoms with E-state index in [9.17, 15) is 9.18 Å². The second kappa shape index (κ2) is 6.35. The fraction of sp³-hybridized carbons (Fsp3) is 0. The van der Waals surface area contributed by atoms with Crippen LogP contribution in [0.25, 0.3) is 0 Å². The van der Waals surface area contributed by atoms with Crippen LogP contribution in [0.5, 0.6) is 0 Å². The fourth-order valence-corrected chi connectivity index (χ4v) is 0.999. The molecule has 0 saturated heterocycles. The minimum atomic E-state index is -0.542. The Morgan fingerprint density at radius 1 is 0.875 bits per heavy atom. The molecule has 1 amide bonds.